The number of hydrogen-bond donors (Lipinski definition) is 2. The number of aryl methyl sites for hydroxylation is 1. The van der Waals surface area contributed by atoms with Crippen LogP contribution in [0.1, 0.15) is 17.7 Å². The maximum absolute atomic E-state index is 12.3. The number of quaternary nitrogens is 1. The third kappa shape index (κ3) is 4.75. The molecular formula is C16H18N2O4. The van der Waals surface area contributed by atoms with E-state index in [9.17, 15) is 14.7 Å². The van der Waals surface area contributed by atoms with E-state index in [1.54, 1.807) is 23.5 Å². The maximum Gasteiger partial charge on any atom is 0.283 e. The molecule has 1 aromatic heterocycles. The Hall–Kier alpha value is -2.60. The molecule has 3 N–H and O–H groups in total. The zero-order valence-corrected chi connectivity index (χ0v) is 12.2. The summed E-state index contributed by atoms with van der Waals surface area (Å²) >= 11 is 0. The van der Waals surface area contributed by atoms with E-state index in [2.05, 4.69) is 5.32 Å². The van der Waals surface area contributed by atoms with Gasteiger partial charge in [-0.05, 0) is 36.8 Å². The van der Waals surface area contributed by atoms with Crippen LogP contribution in [0.5, 0.6) is 0 Å². The predicted octanol–water partition coefficient (Wildman–Crippen LogP) is -0.201. The number of carboxylic acid groups (broad SMARTS) is 1. The molecule has 0 unspecified atom stereocenters. The molecule has 0 spiro atoms. The fourth-order valence-electron chi connectivity index (χ4n) is 2.11. The van der Waals surface area contributed by atoms with Crippen molar-refractivity contribution in [1.29, 1.82) is 0 Å². The van der Waals surface area contributed by atoms with Crippen LogP contribution in [0.2, 0.25) is 0 Å². The second-order valence-electron chi connectivity index (χ2n) is 5.06. The van der Waals surface area contributed by atoms with E-state index in [0.717, 1.165) is 5.56 Å². The molecule has 0 aliphatic rings. The molecular weight excluding hydrogens is 284 g/mol. The van der Waals surface area contributed by atoms with Gasteiger partial charge in [-0.25, -0.2) is 0 Å². The number of amides is 1. The van der Waals surface area contributed by atoms with Gasteiger partial charge >= 0.3 is 0 Å². The van der Waals surface area contributed by atoms with E-state index < -0.39 is 12.0 Å². The van der Waals surface area contributed by atoms with Crippen molar-refractivity contribution in [2.45, 2.75) is 25.9 Å². The van der Waals surface area contributed by atoms with Gasteiger partial charge in [0.25, 0.3) is 5.91 Å². The summed E-state index contributed by atoms with van der Waals surface area (Å²) in [5.74, 6) is -0.965. The molecule has 0 fully saturated rings. The minimum absolute atomic E-state index is 0.363. The smallest absolute Gasteiger partial charge is 0.283 e. The van der Waals surface area contributed by atoms with E-state index in [1.165, 1.54) is 6.26 Å². The Labute approximate surface area is 128 Å². The highest BCUT2D eigenvalue weighted by Crippen LogP contribution is 2.09. The highest BCUT2D eigenvalue weighted by atomic mass is 16.4. The molecule has 1 aromatic carbocycles. The van der Waals surface area contributed by atoms with Gasteiger partial charge in [-0.1, -0.05) is 12.1 Å². The summed E-state index contributed by atoms with van der Waals surface area (Å²) in [7, 11) is 0. The van der Waals surface area contributed by atoms with Crippen LogP contribution in [0.25, 0.3) is 0 Å². The second-order valence-corrected chi connectivity index (χ2v) is 5.06. The minimum Gasteiger partial charge on any atom is -0.550 e. The third-order valence-electron chi connectivity index (χ3n) is 3.19. The standard InChI is InChI=1S/C16H18N2O4/c1-11-4-2-5-12(8-11)18-16(21)14(9-15(19)20)17-10-13-6-3-7-22-13/h2-8,14,17H,9-10H2,1H3,(H,18,21)(H,19,20)/t14-/m0/s1. The average Bonchev–Trinajstić information content (AvgIpc) is 2.96. The number of hydrogen-bond acceptors (Lipinski definition) is 4. The van der Waals surface area contributed by atoms with E-state index >= 15 is 0 Å². The van der Waals surface area contributed by atoms with E-state index in [-0.39, 0.29) is 12.3 Å². The highest BCUT2D eigenvalue weighted by molar-refractivity contribution is 5.95. The number of anilines is 1. The van der Waals surface area contributed by atoms with Crippen molar-refractivity contribution in [3.8, 4) is 0 Å². The predicted molar refractivity (Wildman–Crippen MR) is 77.6 cm³/mol. The summed E-state index contributed by atoms with van der Waals surface area (Å²) in [6.07, 6.45) is 1.17. The lowest BCUT2D eigenvalue weighted by Gasteiger charge is -2.15. The van der Waals surface area contributed by atoms with Crippen molar-refractivity contribution in [3.63, 3.8) is 0 Å². The number of carbonyl (C=O) groups excluding carboxylic acids is 2. The Morgan fingerprint density at radius 2 is 2.14 bits per heavy atom. The van der Waals surface area contributed by atoms with Crippen LogP contribution in [0, 0.1) is 6.92 Å². The number of carbonyl (C=O) groups is 2. The molecule has 6 nitrogen and oxygen atoms in total. The van der Waals surface area contributed by atoms with Crippen molar-refractivity contribution >= 4 is 17.6 Å². The number of nitrogens with two attached hydrogens (primary N) is 1. The van der Waals surface area contributed by atoms with Crippen molar-refractivity contribution in [2.75, 3.05) is 5.32 Å². The quantitative estimate of drug-likeness (QED) is 0.740. The first-order chi connectivity index (χ1) is 10.5. The number of carboxylic acids is 1. The average molecular weight is 302 g/mol. The Morgan fingerprint density at radius 1 is 1.32 bits per heavy atom. The fraction of sp³-hybridized carbons (Fsp3) is 0.250. The number of furan rings is 1. The van der Waals surface area contributed by atoms with Crippen LogP contribution >= 0.6 is 0 Å². The lowest BCUT2D eigenvalue weighted by atomic mass is 10.1. The van der Waals surface area contributed by atoms with Crippen LogP contribution in [-0.4, -0.2) is 17.9 Å². The monoisotopic (exact) mass is 302 g/mol. The first-order valence-corrected chi connectivity index (χ1v) is 6.97. The van der Waals surface area contributed by atoms with E-state index in [1.807, 2.05) is 25.1 Å². The van der Waals surface area contributed by atoms with Gasteiger partial charge in [-0.2, -0.15) is 0 Å². The number of benzene rings is 1. The lowest BCUT2D eigenvalue weighted by Crippen LogP contribution is -2.91. The van der Waals surface area contributed by atoms with Crippen LogP contribution in [0.3, 0.4) is 0 Å². The molecule has 0 aliphatic carbocycles. The van der Waals surface area contributed by atoms with E-state index in [0.29, 0.717) is 18.0 Å². The SMILES string of the molecule is Cc1cccc(NC(=O)[C@H](CC(=O)[O-])[NH2+]Cc2ccco2)c1. The molecule has 116 valence electrons. The molecule has 0 bridgehead atoms. The molecule has 1 atom stereocenters. The zero-order valence-electron chi connectivity index (χ0n) is 12.2. The topological polar surface area (TPSA) is 99.0 Å². The summed E-state index contributed by atoms with van der Waals surface area (Å²) in [5.41, 5.74) is 1.65. The summed E-state index contributed by atoms with van der Waals surface area (Å²) in [6.45, 7) is 2.30. The summed E-state index contributed by atoms with van der Waals surface area (Å²) in [5, 5.41) is 15.2. The van der Waals surface area contributed by atoms with Crippen molar-refractivity contribution in [1.82, 2.24) is 0 Å². The van der Waals surface area contributed by atoms with Gasteiger partial charge in [0.2, 0.25) is 0 Å². The van der Waals surface area contributed by atoms with Gasteiger partial charge in [0.1, 0.15) is 6.54 Å². The minimum atomic E-state index is -1.26. The molecule has 22 heavy (non-hydrogen) atoms. The van der Waals surface area contributed by atoms with Crippen molar-refractivity contribution in [2.24, 2.45) is 0 Å². The number of rotatable bonds is 7. The Bertz CT molecular complexity index is 637. The van der Waals surface area contributed by atoms with Gasteiger partial charge < -0.3 is 25.0 Å². The Kier molecular flexibility index (Phi) is 5.32. The Balaban J connectivity index is 2.00. The fourth-order valence-corrected chi connectivity index (χ4v) is 2.11. The number of aliphatic carboxylic acids is 1. The van der Waals surface area contributed by atoms with Crippen LogP contribution in [0.4, 0.5) is 5.69 Å². The molecule has 2 aromatic rings. The van der Waals surface area contributed by atoms with E-state index in [4.69, 9.17) is 4.42 Å². The van der Waals surface area contributed by atoms with Crippen LogP contribution in [-0.2, 0) is 16.1 Å². The highest BCUT2D eigenvalue weighted by Gasteiger charge is 2.22. The van der Waals surface area contributed by atoms with Gasteiger partial charge in [0, 0.05) is 18.1 Å². The summed E-state index contributed by atoms with van der Waals surface area (Å²) < 4.78 is 5.18. The normalized spacial score (nSPS) is 11.9. The van der Waals surface area contributed by atoms with Gasteiger partial charge in [-0.3, -0.25) is 4.79 Å². The first-order valence-electron chi connectivity index (χ1n) is 6.97. The molecule has 0 saturated carbocycles. The van der Waals surface area contributed by atoms with Crippen LogP contribution < -0.4 is 15.7 Å². The van der Waals surface area contributed by atoms with Gasteiger partial charge in [0.15, 0.2) is 11.8 Å². The maximum atomic E-state index is 12.3. The third-order valence-corrected chi connectivity index (χ3v) is 3.19. The molecule has 1 heterocycles. The molecule has 6 heteroatoms. The largest absolute Gasteiger partial charge is 0.550 e. The number of nitrogens with one attached hydrogen (secondary N) is 1. The molecule has 0 aliphatic heterocycles. The second kappa shape index (κ2) is 7.42. The molecule has 0 radical (unpaired) electrons. The lowest BCUT2D eigenvalue weighted by molar-refractivity contribution is -0.693. The first kappa shape index (κ1) is 15.8. The van der Waals surface area contributed by atoms with Crippen LogP contribution in [0.15, 0.2) is 47.1 Å². The molecule has 0 saturated heterocycles. The van der Waals surface area contributed by atoms with Gasteiger partial charge in [-0.15, -0.1) is 0 Å². The molecule has 1 amide bonds. The summed E-state index contributed by atoms with van der Waals surface area (Å²) in [6, 6.07) is 10.0. The summed E-state index contributed by atoms with van der Waals surface area (Å²) in [4.78, 5) is 23.1. The molecule has 2 rings (SSSR count). The van der Waals surface area contributed by atoms with Gasteiger partial charge in [0.05, 0.1) is 6.26 Å². The zero-order chi connectivity index (χ0) is 15.9. The van der Waals surface area contributed by atoms with Crippen molar-refractivity contribution in [3.05, 3.63) is 54.0 Å². The van der Waals surface area contributed by atoms with Crippen molar-refractivity contribution < 1.29 is 24.4 Å². The Morgan fingerprint density at radius 3 is 2.77 bits per heavy atom.